The van der Waals surface area contributed by atoms with Gasteiger partial charge in [-0.2, -0.15) is 0 Å². The molecule has 0 unspecified atom stereocenters. The van der Waals surface area contributed by atoms with Crippen LogP contribution in [-0.2, 0) is 19.1 Å². The maximum atomic E-state index is 13.4. The number of ether oxygens (including phenoxy) is 2. The van der Waals surface area contributed by atoms with Crippen molar-refractivity contribution in [3.8, 4) is 0 Å². The first-order chi connectivity index (χ1) is 15.2. The second-order valence-electron chi connectivity index (χ2n) is 8.07. The van der Waals surface area contributed by atoms with Crippen LogP contribution < -0.4 is 10.9 Å². The molecule has 3 aliphatic rings. The fraction of sp³-hybridized carbons (Fsp3) is 0.600. The quantitative estimate of drug-likeness (QED) is 0.255. The smallest absolute Gasteiger partial charge is 0.421 e. The van der Waals surface area contributed by atoms with E-state index >= 15 is 0 Å². The number of amides is 2. The Hall–Kier alpha value is -3.12. The van der Waals surface area contributed by atoms with Crippen LogP contribution in [0.2, 0.25) is 0 Å². The second kappa shape index (κ2) is 10.0. The zero-order valence-corrected chi connectivity index (χ0v) is 18.9. The molecule has 0 spiro atoms. The number of rotatable bonds is 10. The molecule has 0 bridgehead atoms. The summed E-state index contributed by atoms with van der Waals surface area (Å²) in [6.07, 6.45) is -0.976. The number of allylic oxidation sites excluding steroid dienone is 2. The highest BCUT2D eigenvalue weighted by molar-refractivity contribution is 6.25. The van der Waals surface area contributed by atoms with Crippen molar-refractivity contribution in [1.29, 1.82) is 0 Å². The van der Waals surface area contributed by atoms with Crippen LogP contribution in [0.5, 0.6) is 0 Å². The molecule has 2 heterocycles. The highest BCUT2D eigenvalue weighted by Crippen LogP contribution is 2.36. The van der Waals surface area contributed by atoms with Crippen molar-refractivity contribution in [2.24, 2.45) is 0 Å². The maximum Gasteiger partial charge on any atom is 0.421 e. The predicted octanol–water partition coefficient (Wildman–Crippen LogP) is -0.537. The Morgan fingerprint density at radius 2 is 1.09 bits per heavy atom. The number of nitrogens with zero attached hydrogens (tertiary/aromatic N) is 4. The minimum atomic E-state index is -0.631. The summed E-state index contributed by atoms with van der Waals surface area (Å²) in [6.45, 7) is 2.70. The van der Waals surface area contributed by atoms with Crippen LogP contribution in [0, 0.1) is 0 Å². The summed E-state index contributed by atoms with van der Waals surface area (Å²) >= 11 is 0. The molecule has 0 aromatic heterocycles. The van der Waals surface area contributed by atoms with Crippen molar-refractivity contribution in [3.05, 3.63) is 22.5 Å². The lowest BCUT2D eigenvalue weighted by atomic mass is 9.87. The molecular weight excluding hydrogens is 420 g/mol. The fourth-order valence-electron chi connectivity index (χ4n) is 3.38. The molecule has 2 fully saturated rings. The molecule has 1 aliphatic carbocycles. The molecule has 2 amide bonds. The zero-order chi connectivity index (χ0) is 23.4. The van der Waals surface area contributed by atoms with Crippen molar-refractivity contribution >= 4 is 23.8 Å². The number of hydrazine groups is 2. The topological polar surface area (TPSA) is 123 Å². The van der Waals surface area contributed by atoms with Gasteiger partial charge in [0.2, 0.25) is 11.6 Å². The SMILES string of the molecule is CN(C)NC(=O)OCCC1=C(N2CC2)C(=O)C(CCOC(=O)NN(C)C)=C(N2CC2)C1=O. The van der Waals surface area contributed by atoms with Gasteiger partial charge in [0.25, 0.3) is 0 Å². The van der Waals surface area contributed by atoms with Crippen LogP contribution >= 0.6 is 0 Å². The van der Waals surface area contributed by atoms with Gasteiger partial charge in [0.05, 0.1) is 24.6 Å². The molecule has 12 heteroatoms. The Morgan fingerprint density at radius 1 is 0.750 bits per heavy atom. The molecule has 2 aliphatic heterocycles. The minimum absolute atomic E-state index is 0.0260. The average Bonchev–Trinajstić information content (AvgIpc) is 3.57. The van der Waals surface area contributed by atoms with Gasteiger partial charge in [0, 0.05) is 78.4 Å². The molecule has 12 nitrogen and oxygen atoms in total. The number of hydrogen-bond acceptors (Lipinski definition) is 10. The van der Waals surface area contributed by atoms with Gasteiger partial charge in [-0.25, -0.2) is 19.6 Å². The van der Waals surface area contributed by atoms with Crippen LogP contribution in [0.15, 0.2) is 22.5 Å². The standard InChI is InChI=1S/C20H30N6O6/c1-23(2)21-19(29)31-11-5-13-15(25-7-8-25)18(28)14(16(17(13)27)26-9-10-26)6-12-32-20(30)22-24(3)4/h5-12H2,1-4H3,(H,21,29)(H,22,30). The first-order valence-electron chi connectivity index (χ1n) is 10.5. The molecule has 0 atom stereocenters. The minimum Gasteiger partial charge on any atom is -0.448 e. The molecule has 176 valence electrons. The van der Waals surface area contributed by atoms with Crippen LogP contribution in [0.3, 0.4) is 0 Å². The maximum absolute atomic E-state index is 13.4. The van der Waals surface area contributed by atoms with Gasteiger partial charge in [-0.3, -0.25) is 20.4 Å². The van der Waals surface area contributed by atoms with Gasteiger partial charge in [0.1, 0.15) is 0 Å². The zero-order valence-electron chi connectivity index (χ0n) is 18.9. The van der Waals surface area contributed by atoms with Crippen molar-refractivity contribution in [3.63, 3.8) is 0 Å². The van der Waals surface area contributed by atoms with Gasteiger partial charge in [0.15, 0.2) is 0 Å². The summed E-state index contributed by atoms with van der Waals surface area (Å²) in [6, 6.07) is 0. The third-order valence-corrected chi connectivity index (χ3v) is 4.88. The van der Waals surface area contributed by atoms with Crippen LogP contribution in [0.4, 0.5) is 9.59 Å². The van der Waals surface area contributed by atoms with E-state index in [-0.39, 0.29) is 37.6 Å². The van der Waals surface area contributed by atoms with Crippen molar-refractivity contribution < 1.29 is 28.7 Å². The highest BCUT2D eigenvalue weighted by Gasteiger charge is 2.43. The molecule has 0 radical (unpaired) electrons. The van der Waals surface area contributed by atoms with Crippen LogP contribution in [0.1, 0.15) is 12.8 Å². The van der Waals surface area contributed by atoms with E-state index in [4.69, 9.17) is 9.47 Å². The number of nitrogens with one attached hydrogen (secondary N) is 2. The summed E-state index contributed by atoms with van der Waals surface area (Å²) in [7, 11) is 6.62. The van der Waals surface area contributed by atoms with Gasteiger partial charge >= 0.3 is 12.2 Å². The molecule has 3 rings (SSSR count). The van der Waals surface area contributed by atoms with E-state index in [1.54, 1.807) is 28.2 Å². The Morgan fingerprint density at radius 3 is 1.38 bits per heavy atom. The summed E-state index contributed by atoms with van der Waals surface area (Å²) in [5, 5.41) is 2.90. The van der Waals surface area contributed by atoms with E-state index in [0.29, 0.717) is 48.7 Å². The normalized spacial score (nSPS) is 17.9. The third kappa shape index (κ3) is 5.98. The Bertz CT molecular complexity index is 787. The summed E-state index contributed by atoms with van der Waals surface area (Å²) < 4.78 is 10.3. The molecule has 2 saturated heterocycles. The Balaban J connectivity index is 1.72. The van der Waals surface area contributed by atoms with E-state index in [2.05, 4.69) is 10.9 Å². The van der Waals surface area contributed by atoms with Crippen molar-refractivity contribution in [1.82, 2.24) is 30.7 Å². The van der Waals surface area contributed by atoms with E-state index in [0.717, 1.165) is 0 Å². The molecule has 32 heavy (non-hydrogen) atoms. The number of ketones is 2. The first kappa shape index (κ1) is 23.5. The predicted molar refractivity (Wildman–Crippen MR) is 113 cm³/mol. The third-order valence-electron chi connectivity index (χ3n) is 4.88. The lowest BCUT2D eigenvalue weighted by molar-refractivity contribution is -0.118. The molecular formula is C20H30N6O6. The Kier molecular flexibility index (Phi) is 7.36. The number of carbonyl (C=O) groups excluding carboxylic acids is 4. The lowest BCUT2D eigenvalue weighted by Gasteiger charge is -2.25. The van der Waals surface area contributed by atoms with E-state index in [9.17, 15) is 19.2 Å². The fourth-order valence-corrected chi connectivity index (χ4v) is 3.38. The summed E-state index contributed by atoms with van der Waals surface area (Å²) in [5.74, 6) is -0.457. The summed E-state index contributed by atoms with van der Waals surface area (Å²) in [4.78, 5) is 53.9. The molecule has 0 aromatic carbocycles. The van der Waals surface area contributed by atoms with Crippen LogP contribution in [0.25, 0.3) is 0 Å². The van der Waals surface area contributed by atoms with Crippen molar-refractivity contribution in [2.75, 3.05) is 67.6 Å². The lowest BCUT2D eigenvalue weighted by Crippen LogP contribution is -2.37. The van der Waals surface area contributed by atoms with Gasteiger partial charge < -0.3 is 19.3 Å². The summed E-state index contributed by atoms with van der Waals surface area (Å²) in [5.41, 5.74) is 6.38. The van der Waals surface area contributed by atoms with Gasteiger partial charge in [-0.15, -0.1) is 0 Å². The monoisotopic (exact) mass is 450 g/mol. The molecule has 0 aromatic rings. The Labute approximate surface area is 186 Å². The highest BCUT2D eigenvalue weighted by atomic mass is 16.6. The molecule has 2 N–H and O–H groups in total. The van der Waals surface area contributed by atoms with Gasteiger partial charge in [-0.1, -0.05) is 0 Å². The van der Waals surface area contributed by atoms with Gasteiger partial charge in [-0.05, 0) is 0 Å². The van der Waals surface area contributed by atoms with Crippen LogP contribution in [-0.4, -0.2) is 111 Å². The number of hydrogen-bond donors (Lipinski definition) is 2. The first-order valence-corrected chi connectivity index (χ1v) is 10.5. The van der Waals surface area contributed by atoms with Crippen molar-refractivity contribution in [2.45, 2.75) is 12.8 Å². The van der Waals surface area contributed by atoms with E-state index < -0.39 is 12.2 Å². The number of carbonyl (C=O) groups is 4. The number of Topliss-reactive ketones (excluding diaryl/α,β-unsaturated/α-hetero) is 2. The van der Waals surface area contributed by atoms with E-state index in [1.807, 2.05) is 9.80 Å². The van der Waals surface area contributed by atoms with E-state index in [1.165, 1.54) is 10.0 Å². The largest absolute Gasteiger partial charge is 0.448 e. The second-order valence-corrected chi connectivity index (χ2v) is 8.07. The molecule has 0 saturated carbocycles. The average molecular weight is 450 g/mol.